The van der Waals surface area contributed by atoms with E-state index in [9.17, 15) is 24.2 Å². The van der Waals surface area contributed by atoms with Gasteiger partial charge in [0.25, 0.3) is 0 Å². The highest BCUT2D eigenvalue weighted by molar-refractivity contribution is 7.47. The predicted octanol–water partition coefficient (Wildman–Crippen LogP) is 9.65. The Bertz CT molecular complexity index is 835. The summed E-state index contributed by atoms with van der Waals surface area (Å²) in [6.45, 7) is 3.48. The summed E-state index contributed by atoms with van der Waals surface area (Å²) in [6.07, 6.45) is 34.0. The molecule has 47 heavy (non-hydrogen) atoms. The number of esters is 1. The number of carbonyl (C=O) groups is 2. The van der Waals surface area contributed by atoms with Crippen LogP contribution in [0.3, 0.4) is 0 Å². The number of unbranched alkanes of at least 4 members (excludes halogenated alkanes) is 18. The highest BCUT2D eigenvalue weighted by atomic mass is 31.2. The van der Waals surface area contributed by atoms with Gasteiger partial charge in [-0.1, -0.05) is 134 Å². The topological polar surface area (TPSA) is 131 Å². The van der Waals surface area contributed by atoms with E-state index >= 15 is 0 Å². The number of ether oxygens (including phenoxy) is 1. The Morgan fingerprint density at radius 3 is 1.74 bits per heavy atom. The van der Waals surface area contributed by atoms with Crippen LogP contribution in [0.15, 0.2) is 24.3 Å². The first-order chi connectivity index (χ1) is 22.8. The number of carbonyl (C=O) groups excluding carboxylic acids is 2. The van der Waals surface area contributed by atoms with E-state index in [0.717, 1.165) is 51.4 Å². The summed E-state index contributed by atoms with van der Waals surface area (Å²) in [5, 5.41) is 12.6. The molecule has 0 aromatic carbocycles. The molecule has 2 atom stereocenters. The third-order valence-corrected chi connectivity index (χ3v) is 8.87. The SMILES string of the molecule is CCCCC/C=C\C/C=C\CCCCCCCCCC(=O)NCCOP(=O)(O)OCC(O)COC(=O)CCCCCCCCCCC. The van der Waals surface area contributed by atoms with Crippen molar-refractivity contribution in [2.45, 2.75) is 174 Å². The minimum Gasteiger partial charge on any atom is -0.463 e. The van der Waals surface area contributed by atoms with E-state index < -0.39 is 26.5 Å². The van der Waals surface area contributed by atoms with Gasteiger partial charge in [-0.25, -0.2) is 4.57 Å². The molecule has 2 unspecified atom stereocenters. The number of aliphatic hydroxyl groups excluding tert-OH is 1. The molecule has 0 radical (unpaired) electrons. The summed E-state index contributed by atoms with van der Waals surface area (Å²) in [6, 6.07) is 0. The Morgan fingerprint density at radius 1 is 0.660 bits per heavy atom. The number of hydrogen-bond acceptors (Lipinski definition) is 7. The van der Waals surface area contributed by atoms with Crippen LogP contribution in [0.4, 0.5) is 0 Å². The van der Waals surface area contributed by atoms with Gasteiger partial charge >= 0.3 is 13.8 Å². The van der Waals surface area contributed by atoms with Gasteiger partial charge in [-0.05, 0) is 44.9 Å². The highest BCUT2D eigenvalue weighted by Crippen LogP contribution is 2.42. The van der Waals surface area contributed by atoms with Gasteiger partial charge in [-0.15, -0.1) is 0 Å². The standard InChI is InChI=1S/C37H70NO8P/c1-3-5-7-9-11-13-14-15-16-17-18-19-20-22-23-25-27-29-36(40)38-31-32-45-47(42,43)46-34-35(39)33-44-37(41)30-28-26-24-21-12-10-8-6-4-2/h11,13,15-16,35,39H,3-10,12,14,17-34H2,1-2H3,(H,38,40)(H,42,43)/b13-11-,16-15-. The molecule has 276 valence electrons. The minimum absolute atomic E-state index is 0.0788. The van der Waals surface area contributed by atoms with Crippen LogP contribution in [0, 0.1) is 0 Å². The molecule has 3 N–H and O–H groups in total. The molecule has 0 saturated carbocycles. The van der Waals surface area contributed by atoms with E-state index in [1.54, 1.807) is 0 Å². The van der Waals surface area contributed by atoms with Crippen molar-refractivity contribution in [2.24, 2.45) is 0 Å². The molecule has 0 spiro atoms. The lowest BCUT2D eigenvalue weighted by Gasteiger charge is -2.15. The molecule has 0 aliphatic heterocycles. The van der Waals surface area contributed by atoms with Crippen LogP contribution in [-0.2, 0) is 27.9 Å². The number of amides is 1. The van der Waals surface area contributed by atoms with Gasteiger partial charge in [0.2, 0.25) is 5.91 Å². The van der Waals surface area contributed by atoms with E-state index in [1.807, 2.05) is 0 Å². The monoisotopic (exact) mass is 687 g/mol. The van der Waals surface area contributed by atoms with Crippen LogP contribution in [0.5, 0.6) is 0 Å². The maximum atomic E-state index is 12.0. The number of aliphatic hydroxyl groups is 1. The summed E-state index contributed by atoms with van der Waals surface area (Å²) in [4.78, 5) is 33.7. The van der Waals surface area contributed by atoms with Crippen molar-refractivity contribution in [1.29, 1.82) is 0 Å². The number of nitrogens with one attached hydrogen (secondary N) is 1. The molecular formula is C37H70NO8P. The van der Waals surface area contributed by atoms with Gasteiger partial charge in [-0.2, -0.15) is 0 Å². The largest absolute Gasteiger partial charge is 0.472 e. The first-order valence-electron chi connectivity index (χ1n) is 18.8. The Hall–Kier alpha value is -1.51. The molecule has 0 saturated heterocycles. The zero-order chi connectivity index (χ0) is 34.7. The average Bonchev–Trinajstić information content (AvgIpc) is 3.05. The highest BCUT2D eigenvalue weighted by Gasteiger charge is 2.23. The second-order valence-electron chi connectivity index (χ2n) is 12.6. The van der Waals surface area contributed by atoms with Crippen LogP contribution in [0.2, 0.25) is 0 Å². The fourth-order valence-corrected chi connectivity index (χ4v) is 5.75. The van der Waals surface area contributed by atoms with Crippen molar-refractivity contribution >= 4 is 19.7 Å². The Labute approximate surface area is 287 Å². The summed E-state index contributed by atoms with van der Waals surface area (Å²) < 4.78 is 26.7. The number of rotatable bonds is 35. The molecule has 0 rings (SSSR count). The van der Waals surface area contributed by atoms with Crippen molar-refractivity contribution in [1.82, 2.24) is 5.32 Å². The molecule has 0 aromatic heterocycles. The fraction of sp³-hybridized carbons (Fsp3) is 0.838. The molecule has 0 fully saturated rings. The van der Waals surface area contributed by atoms with Gasteiger partial charge < -0.3 is 20.1 Å². The van der Waals surface area contributed by atoms with Crippen LogP contribution in [0.25, 0.3) is 0 Å². The third-order valence-electron chi connectivity index (χ3n) is 7.88. The normalized spacial score (nSPS) is 13.7. The van der Waals surface area contributed by atoms with Gasteiger partial charge in [-0.3, -0.25) is 18.6 Å². The molecule has 0 aliphatic rings. The summed E-state index contributed by atoms with van der Waals surface area (Å²) in [7, 11) is -4.41. The van der Waals surface area contributed by atoms with Crippen molar-refractivity contribution in [3.63, 3.8) is 0 Å². The maximum absolute atomic E-state index is 12.0. The van der Waals surface area contributed by atoms with E-state index in [0.29, 0.717) is 6.42 Å². The van der Waals surface area contributed by atoms with Crippen molar-refractivity contribution in [3.8, 4) is 0 Å². The zero-order valence-electron chi connectivity index (χ0n) is 30.0. The third kappa shape index (κ3) is 35.6. The molecular weight excluding hydrogens is 617 g/mol. The van der Waals surface area contributed by atoms with Crippen LogP contribution < -0.4 is 5.32 Å². The van der Waals surface area contributed by atoms with Gasteiger partial charge in [0.05, 0.1) is 13.2 Å². The first kappa shape index (κ1) is 45.5. The molecule has 1 amide bonds. The van der Waals surface area contributed by atoms with Gasteiger partial charge in [0.1, 0.15) is 12.7 Å². The van der Waals surface area contributed by atoms with Crippen molar-refractivity contribution < 1.29 is 37.9 Å². The molecule has 9 nitrogen and oxygen atoms in total. The van der Waals surface area contributed by atoms with E-state index in [2.05, 4.69) is 43.5 Å². The summed E-state index contributed by atoms with van der Waals surface area (Å²) >= 11 is 0. The quantitative estimate of drug-likeness (QED) is 0.0260. The lowest BCUT2D eigenvalue weighted by atomic mass is 10.1. The predicted molar refractivity (Wildman–Crippen MR) is 192 cm³/mol. The van der Waals surface area contributed by atoms with E-state index in [1.165, 1.54) is 89.9 Å². The minimum atomic E-state index is -4.41. The van der Waals surface area contributed by atoms with E-state index in [-0.39, 0.29) is 32.1 Å². The zero-order valence-corrected chi connectivity index (χ0v) is 30.9. The maximum Gasteiger partial charge on any atom is 0.472 e. The Balaban J connectivity index is 3.62. The lowest BCUT2D eigenvalue weighted by molar-refractivity contribution is -0.147. The van der Waals surface area contributed by atoms with Gasteiger partial charge in [0, 0.05) is 19.4 Å². The smallest absolute Gasteiger partial charge is 0.463 e. The number of allylic oxidation sites excluding steroid dienone is 4. The summed E-state index contributed by atoms with van der Waals surface area (Å²) in [5.74, 6) is -0.526. The van der Waals surface area contributed by atoms with Crippen molar-refractivity contribution in [2.75, 3.05) is 26.4 Å². The molecule has 10 heteroatoms. The fourth-order valence-electron chi connectivity index (χ4n) is 5.00. The van der Waals surface area contributed by atoms with E-state index in [4.69, 9.17) is 13.8 Å². The molecule has 0 bridgehead atoms. The van der Waals surface area contributed by atoms with Crippen LogP contribution in [0.1, 0.15) is 168 Å². The molecule has 0 aromatic rings. The average molecular weight is 688 g/mol. The molecule has 0 aliphatic carbocycles. The van der Waals surface area contributed by atoms with Crippen molar-refractivity contribution in [3.05, 3.63) is 24.3 Å². The second kappa shape index (κ2) is 34.4. The Kier molecular flexibility index (Phi) is 33.3. The number of phosphoric acid groups is 1. The lowest BCUT2D eigenvalue weighted by Crippen LogP contribution is -2.27. The van der Waals surface area contributed by atoms with Crippen LogP contribution in [-0.4, -0.2) is 54.3 Å². The number of phosphoric ester groups is 1. The van der Waals surface area contributed by atoms with Crippen LogP contribution >= 0.6 is 7.82 Å². The molecule has 0 heterocycles. The Morgan fingerprint density at radius 2 is 1.15 bits per heavy atom. The summed E-state index contributed by atoms with van der Waals surface area (Å²) in [5.41, 5.74) is 0. The second-order valence-corrected chi connectivity index (χ2v) is 14.0. The number of hydrogen-bond donors (Lipinski definition) is 3. The van der Waals surface area contributed by atoms with Gasteiger partial charge in [0.15, 0.2) is 0 Å². The first-order valence-corrected chi connectivity index (χ1v) is 20.3.